The van der Waals surface area contributed by atoms with Crippen LogP contribution < -0.4 is 0 Å². The lowest BCUT2D eigenvalue weighted by Gasteiger charge is -2.11. The number of nitriles is 1. The van der Waals surface area contributed by atoms with Gasteiger partial charge < -0.3 is 0 Å². The summed E-state index contributed by atoms with van der Waals surface area (Å²) < 4.78 is 0. The molecule has 0 spiro atoms. The van der Waals surface area contributed by atoms with E-state index in [1.807, 2.05) is 0 Å². The van der Waals surface area contributed by atoms with Crippen LogP contribution in [0.3, 0.4) is 0 Å². The Morgan fingerprint density at radius 1 is 1.12 bits per heavy atom. The standard InChI is InChI=1S/C15H27N/c1-13(2)7-5-8-14(3)9-6-10-15(4)11-12-16/h7,14-15H,5-6,8-11H2,1-4H3/t14-,15-/m0/s1. The van der Waals surface area contributed by atoms with Gasteiger partial charge in [-0.15, -0.1) is 0 Å². The fourth-order valence-corrected chi connectivity index (χ4v) is 1.87. The van der Waals surface area contributed by atoms with Gasteiger partial charge in [0.05, 0.1) is 6.07 Å². The minimum atomic E-state index is 0.579. The highest BCUT2D eigenvalue weighted by Gasteiger charge is 2.04. The first-order valence-corrected chi connectivity index (χ1v) is 6.56. The molecule has 0 saturated carbocycles. The van der Waals surface area contributed by atoms with E-state index in [4.69, 9.17) is 5.26 Å². The maximum atomic E-state index is 8.56. The highest BCUT2D eigenvalue weighted by Crippen LogP contribution is 2.18. The highest BCUT2D eigenvalue weighted by molar-refractivity contribution is 4.92. The van der Waals surface area contributed by atoms with Crippen LogP contribution in [0, 0.1) is 23.2 Å². The molecule has 0 aromatic carbocycles. The van der Waals surface area contributed by atoms with E-state index >= 15 is 0 Å². The third kappa shape index (κ3) is 9.77. The van der Waals surface area contributed by atoms with Crippen molar-refractivity contribution in [1.82, 2.24) is 0 Å². The van der Waals surface area contributed by atoms with Crippen LogP contribution in [0.1, 0.15) is 66.2 Å². The molecule has 2 atom stereocenters. The maximum Gasteiger partial charge on any atom is 0.0624 e. The third-order valence-electron chi connectivity index (χ3n) is 3.05. The molecule has 0 aromatic heterocycles. The van der Waals surface area contributed by atoms with Gasteiger partial charge in [-0.1, -0.05) is 38.3 Å². The number of allylic oxidation sites excluding steroid dienone is 2. The normalized spacial score (nSPS) is 13.9. The monoisotopic (exact) mass is 221 g/mol. The van der Waals surface area contributed by atoms with Crippen molar-refractivity contribution in [2.75, 3.05) is 0 Å². The van der Waals surface area contributed by atoms with Gasteiger partial charge >= 0.3 is 0 Å². The summed E-state index contributed by atoms with van der Waals surface area (Å²) in [4.78, 5) is 0. The molecule has 0 unspecified atom stereocenters. The van der Waals surface area contributed by atoms with E-state index in [0.29, 0.717) is 12.3 Å². The zero-order valence-electron chi connectivity index (χ0n) is 11.4. The number of hydrogen-bond donors (Lipinski definition) is 0. The number of nitrogens with zero attached hydrogens (tertiary/aromatic N) is 1. The molecular formula is C15H27N. The number of hydrogen-bond acceptors (Lipinski definition) is 1. The molecule has 0 amide bonds. The lowest BCUT2D eigenvalue weighted by Crippen LogP contribution is -1.98. The van der Waals surface area contributed by atoms with Gasteiger partial charge in [-0.2, -0.15) is 5.26 Å². The predicted octanol–water partition coefficient (Wildman–Crippen LogP) is 5.09. The smallest absolute Gasteiger partial charge is 0.0624 e. The largest absolute Gasteiger partial charge is 0.198 e. The summed E-state index contributed by atoms with van der Waals surface area (Å²) in [5, 5.41) is 8.56. The Hall–Kier alpha value is -0.770. The zero-order valence-corrected chi connectivity index (χ0v) is 11.4. The van der Waals surface area contributed by atoms with E-state index in [1.54, 1.807) is 0 Å². The summed E-state index contributed by atoms with van der Waals surface area (Å²) in [6, 6.07) is 2.24. The molecule has 0 aliphatic heterocycles. The van der Waals surface area contributed by atoms with Gasteiger partial charge in [0.25, 0.3) is 0 Å². The van der Waals surface area contributed by atoms with Crippen molar-refractivity contribution < 1.29 is 0 Å². The Labute approximate surface area is 102 Å². The number of rotatable bonds is 8. The van der Waals surface area contributed by atoms with E-state index in [9.17, 15) is 0 Å². The van der Waals surface area contributed by atoms with Gasteiger partial charge in [0.2, 0.25) is 0 Å². The molecule has 0 fully saturated rings. The molecular weight excluding hydrogens is 194 g/mol. The van der Waals surface area contributed by atoms with Crippen molar-refractivity contribution in [2.45, 2.75) is 66.2 Å². The second-order valence-corrected chi connectivity index (χ2v) is 5.36. The van der Waals surface area contributed by atoms with Crippen LogP contribution in [0.5, 0.6) is 0 Å². The van der Waals surface area contributed by atoms with Gasteiger partial charge in [0, 0.05) is 6.42 Å². The summed E-state index contributed by atoms with van der Waals surface area (Å²) in [5.74, 6) is 1.40. The van der Waals surface area contributed by atoms with Crippen molar-refractivity contribution in [1.29, 1.82) is 5.26 Å². The average Bonchev–Trinajstić information content (AvgIpc) is 2.17. The van der Waals surface area contributed by atoms with E-state index in [1.165, 1.54) is 37.7 Å². The molecule has 0 aliphatic carbocycles. The van der Waals surface area contributed by atoms with Crippen molar-refractivity contribution in [3.63, 3.8) is 0 Å². The van der Waals surface area contributed by atoms with Crippen molar-refractivity contribution in [3.05, 3.63) is 11.6 Å². The Balaban J connectivity index is 3.47. The average molecular weight is 221 g/mol. The van der Waals surface area contributed by atoms with Crippen LogP contribution in [-0.4, -0.2) is 0 Å². The van der Waals surface area contributed by atoms with Gasteiger partial charge in [0.15, 0.2) is 0 Å². The second kappa shape index (κ2) is 9.46. The fraction of sp³-hybridized carbons (Fsp3) is 0.800. The summed E-state index contributed by atoms with van der Waals surface area (Å²) in [6.45, 7) is 8.84. The van der Waals surface area contributed by atoms with E-state index in [-0.39, 0.29) is 0 Å². The highest BCUT2D eigenvalue weighted by atomic mass is 14.2. The van der Waals surface area contributed by atoms with Crippen LogP contribution in [0.15, 0.2) is 11.6 Å². The van der Waals surface area contributed by atoms with Crippen LogP contribution in [0.4, 0.5) is 0 Å². The molecule has 1 heteroatoms. The van der Waals surface area contributed by atoms with Crippen LogP contribution in [0.2, 0.25) is 0 Å². The zero-order chi connectivity index (χ0) is 12.4. The van der Waals surface area contributed by atoms with Crippen LogP contribution >= 0.6 is 0 Å². The second-order valence-electron chi connectivity index (χ2n) is 5.36. The lowest BCUT2D eigenvalue weighted by molar-refractivity contribution is 0.429. The van der Waals surface area contributed by atoms with Crippen molar-refractivity contribution >= 4 is 0 Å². The first-order chi connectivity index (χ1) is 7.56. The molecule has 0 heterocycles. The fourth-order valence-electron chi connectivity index (χ4n) is 1.87. The Bertz CT molecular complexity index is 230. The van der Waals surface area contributed by atoms with E-state index < -0.39 is 0 Å². The minimum Gasteiger partial charge on any atom is -0.198 e. The maximum absolute atomic E-state index is 8.56. The molecule has 0 aromatic rings. The minimum absolute atomic E-state index is 0.579. The van der Waals surface area contributed by atoms with Gasteiger partial charge in [-0.3, -0.25) is 0 Å². The van der Waals surface area contributed by atoms with Crippen molar-refractivity contribution in [2.24, 2.45) is 11.8 Å². The van der Waals surface area contributed by atoms with Gasteiger partial charge in [0.1, 0.15) is 0 Å². The van der Waals surface area contributed by atoms with E-state index in [2.05, 4.69) is 39.8 Å². The van der Waals surface area contributed by atoms with E-state index in [0.717, 1.165) is 5.92 Å². The van der Waals surface area contributed by atoms with Crippen molar-refractivity contribution in [3.8, 4) is 6.07 Å². The molecule has 1 nitrogen and oxygen atoms in total. The molecule has 0 N–H and O–H groups in total. The third-order valence-corrected chi connectivity index (χ3v) is 3.05. The van der Waals surface area contributed by atoms with Crippen LogP contribution in [0.25, 0.3) is 0 Å². The van der Waals surface area contributed by atoms with Gasteiger partial charge in [-0.05, 0) is 44.9 Å². The topological polar surface area (TPSA) is 23.8 Å². The molecule has 16 heavy (non-hydrogen) atoms. The summed E-state index contributed by atoms with van der Waals surface area (Å²) in [6.07, 6.45) is 9.36. The molecule has 0 bridgehead atoms. The molecule has 0 saturated heterocycles. The molecule has 0 aliphatic rings. The Morgan fingerprint density at radius 2 is 1.75 bits per heavy atom. The molecule has 0 rings (SSSR count). The SMILES string of the molecule is CC(C)=CCC[C@H](C)CCC[C@H](C)CC#N. The van der Waals surface area contributed by atoms with Crippen LogP contribution in [-0.2, 0) is 0 Å². The first kappa shape index (κ1) is 15.2. The molecule has 92 valence electrons. The first-order valence-electron chi connectivity index (χ1n) is 6.56. The Morgan fingerprint density at radius 3 is 2.31 bits per heavy atom. The Kier molecular flexibility index (Phi) is 9.00. The molecule has 0 radical (unpaired) electrons. The predicted molar refractivity (Wildman–Crippen MR) is 71.1 cm³/mol. The summed E-state index contributed by atoms with van der Waals surface area (Å²) in [5.41, 5.74) is 1.43. The summed E-state index contributed by atoms with van der Waals surface area (Å²) >= 11 is 0. The summed E-state index contributed by atoms with van der Waals surface area (Å²) in [7, 11) is 0. The lowest BCUT2D eigenvalue weighted by atomic mass is 9.94. The quantitative estimate of drug-likeness (QED) is 0.524. The van der Waals surface area contributed by atoms with Gasteiger partial charge in [-0.25, -0.2) is 0 Å².